The molecule has 2 fully saturated rings. The number of rotatable bonds is 11. The molecule has 1 N–H and O–H groups in total. The minimum Gasteiger partial charge on any atom is -0.493 e. The molecule has 2 saturated carbocycles. The van der Waals surface area contributed by atoms with Crippen LogP contribution in [0.3, 0.4) is 0 Å². The largest absolute Gasteiger partial charge is 0.493 e. The van der Waals surface area contributed by atoms with Crippen molar-refractivity contribution in [2.24, 2.45) is 17.8 Å². The number of fused-ring (bicyclic) bond motifs is 1. The molecule has 2 atom stereocenters. The number of aromatic nitrogens is 2. The molecule has 1 heterocycles. The van der Waals surface area contributed by atoms with Crippen molar-refractivity contribution in [1.82, 2.24) is 10.3 Å². The second-order valence-corrected chi connectivity index (χ2v) is 9.84. The number of halogens is 1. The normalized spacial score (nSPS) is 17.8. The van der Waals surface area contributed by atoms with Crippen LogP contribution in [-0.4, -0.2) is 28.0 Å². The van der Waals surface area contributed by atoms with E-state index in [1.165, 1.54) is 18.9 Å². The van der Waals surface area contributed by atoms with E-state index < -0.39 is 17.7 Å². The minimum atomic E-state index is -0.997. The summed E-state index contributed by atoms with van der Waals surface area (Å²) >= 11 is 0. The van der Waals surface area contributed by atoms with Gasteiger partial charge >= 0.3 is 5.97 Å². The first-order valence-electron chi connectivity index (χ1n) is 11.9. The van der Waals surface area contributed by atoms with E-state index in [4.69, 9.17) is 9.37 Å². The van der Waals surface area contributed by atoms with Crippen LogP contribution >= 0.6 is 0 Å². The first-order valence-corrected chi connectivity index (χ1v) is 11.9. The zero-order valence-corrected chi connectivity index (χ0v) is 18.8. The van der Waals surface area contributed by atoms with E-state index in [2.05, 4.69) is 17.2 Å². The van der Waals surface area contributed by atoms with Crippen LogP contribution in [0.2, 0.25) is 0 Å². The average molecular weight is 453 g/mol. The third kappa shape index (κ3) is 5.18. The van der Waals surface area contributed by atoms with Crippen molar-refractivity contribution in [2.45, 2.75) is 57.8 Å². The van der Waals surface area contributed by atoms with Crippen LogP contribution in [0, 0.1) is 23.6 Å². The Hall–Kier alpha value is -2.96. The van der Waals surface area contributed by atoms with Crippen molar-refractivity contribution in [2.75, 3.05) is 6.61 Å². The molecule has 0 radical (unpaired) electrons. The van der Waals surface area contributed by atoms with E-state index >= 15 is 4.39 Å². The molecule has 174 valence electrons. The minimum absolute atomic E-state index is 0.194. The van der Waals surface area contributed by atoms with Crippen LogP contribution in [0.25, 0.3) is 22.2 Å². The Balaban J connectivity index is 1.46. The summed E-state index contributed by atoms with van der Waals surface area (Å²) in [5.74, 6) is -0.404. The summed E-state index contributed by atoms with van der Waals surface area (Å²) in [6.45, 7) is 2.61. The lowest BCUT2D eigenvalue weighted by Crippen LogP contribution is -2.17. The highest BCUT2D eigenvalue weighted by atomic mass is 19.1. The van der Waals surface area contributed by atoms with Gasteiger partial charge < -0.3 is 9.84 Å². The van der Waals surface area contributed by atoms with Crippen molar-refractivity contribution in [1.29, 1.82) is 0 Å². The van der Waals surface area contributed by atoms with E-state index in [1.54, 1.807) is 18.2 Å². The number of hydrogen-bond acceptors (Lipinski definition) is 5. The quantitative estimate of drug-likeness (QED) is 0.373. The summed E-state index contributed by atoms with van der Waals surface area (Å²) < 4.78 is 26.3. The molecule has 2 aliphatic carbocycles. The van der Waals surface area contributed by atoms with E-state index in [0.29, 0.717) is 41.3 Å². The maximum atomic E-state index is 15.4. The van der Waals surface area contributed by atoms with Crippen molar-refractivity contribution in [3.8, 4) is 16.9 Å². The summed E-state index contributed by atoms with van der Waals surface area (Å²) in [5.41, 5.74) is 2.67. The lowest BCUT2D eigenvalue weighted by molar-refractivity contribution is -0.139. The van der Waals surface area contributed by atoms with E-state index in [0.717, 1.165) is 37.2 Å². The molecular formula is C26H29FN2O4. The van der Waals surface area contributed by atoms with Gasteiger partial charge in [0.2, 0.25) is 0 Å². The molecule has 2 aromatic carbocycles. The number of carbonyl (C=O) groups is 1. The number of ether oxygens (including phenoxy) is 1. The van der Waals surface area contributed by atoms with Crippen LogP contribution in [0.15, 0.2) is 35.0 Å². The third-order valence-electron chi connectivity index (χ3n) is 6.91. The van der Waals surface area contributed by atoms with Gasteiger partial charge in [-0.2, -0.15) is 0 Å². The molecule has 6 nitrogen and oxygen atoms in total. The molecule has 0 saturated heterocycles. The van der Waals surface area contributed by atoms with Gasteiger partial charge in [0.25, 0.3) is 0 Å². The van der Waals surface area contributed by atoms with Crippen LogP contribution < -0.4 is 4.74 Å². The Morgan fingerprint density at radius 1 is 1.15 bits per heavy atom. The first-order chi connectivity index (χ1) is 16.0. The summed E-state index contributed by atoms with van der Waals surface area (Å²) in [6, 6.07) is 8.36. The monoisotopic (exact) mass is 452 g/mol. The number of nitrogens with zero attached hydrogens (tertiary/aromatic N) is 2. The van der Waals surface area contributed by atoms with Gasteiger partial charge in [0.1, 0.15) is 22.6 Å². The number of benzene rings is 2. The van der Waals surface area contributed by atoms with Gasteiger partial charge in [-0.15, -0.1) is 0 Å². The zero-order valence-electron chi connectivity index (χ0n) is 18.8. The molecule has 2 aliphatic rings. The van der Waals surface area contributed by atoms with Gasteiger partial charge in [-0.05, 0) is 77.2 Å². The van der Waals surface area contributed by atoms with Crippen molar-refractivity contribution in [3.05, 3.63) is 41.7 Å². The predicted molar refractivity (Wildman–Crippen MR) is 122 cm³/mol. The second kappa shape index (κ2) is 9.12. The van der Waals surface area contributed by atoms with Gasteiger partial charge in [-0.3, -0.25) is 4.79 Å². The Kier molecular flexibility index (Phi) is 6.04. The van der Waals surface area contributed by atoms with Crippen molar-refractivity contribution < 1.29 is 23.7 Å². The van der Waals surface area contributed by atoms with Crippen LogP contribution in [0.5, 0.6) is 5.75 Å². The highest BCUT2D eigenvalue weighted by Gasteiger charge is 2.29. The highest BCUT2D eigenvalue weighted by Crippen LogP contribution is 2.40. The van der Waals surface area contributed by atoms with E-state index in [-0.39, 0.29) is 11.5 Å². The molecule has 0 aliphatic heterocycles. The molecule has 0 bridgehead atoms. The Bertz CT molecular complexity index is 1150. The molecular weight excluding hydrogens is 423 g/mol. The smallest absolute Gasteiger partial charge is 0.311 e. The first kappa shape index (κ1) is 21.9. The number of hydrogen-bond donors (Lipinski definition) is 1. The van der Waals surface area contributed by atoms with E-state index in [1.807, 2.05) is 6.07 Å². The number of carboxylic acids is 1. The maximum Gasteiger partial charge on any atom is 0.311 e. The van der Waals surface area contributed by atoms with Gasteiger partial charge in [-0.1, -0.05) is 38.7 Å². The Morgan fingerprint density at radius 2 is 1.91 bits per heavy atom. The topological polar surface area (TPSA) is 85.5 Å². The van der Waals surface area contributed by atoms with Gasteiger partial charge in [0, 0.05) is 11.1 Å². The van der Waals surface area contributed by atoms with Crippen molar-refractivity contribution in [3.63, 3.8) is 0 Å². The average Bonchev–Trinajstić information content (AvgIpc) is 3.73. The SMILES string of the molecule is CC(CCC1CC1)CC(C(=O)O)c1cc(OCC2CC2)c(-c2ccc3nonc3c2)cc1F. The lowest BCUT2D eigenvalue weighted by atomic mass is 9.86. The molecule has 1 aromatic heterocycles. The second-order valence-electron chi connectivity index (χ2n) is 9.84. The summed E-state index contributed by atoms with van der Waals surface area (Å²) in [4.78, 5) is 12.2. The number of carboxylic acid groups (broad SMARTS) is 1. The Labute approximate surface area is 192 Å². The molecule has 0 spiro atoms. The molecule has 7 heteroatoms. The van der Waals surface area contributed by atoms with Gasteiger partial charge in [-0.25, -0.2) is 9.02 Å². The molecule has 0 amide bonds. The standard InChI is InChI=1S/C26H29FN2O4/c1-15(2-3-16-4-5-16)10-21(26(30)31)20-13-25(32-14-17-6-7-17)19(12-22(20)27)18-8-9-23-24(11-18)29-33-28-23/h8-9,11-13,15-17,21H,2-7,10,14H2,1H3,(H,30,31). The van der Waals surface area contributed by atoms with Crippen LogP contribution in [-0.2, 0) is 4.79 Å². The molecule has 5 rings (SSSR count). The van der Waals surface area contributed by atoms with Gasteiger partial charge in [0.05, 0.1) is 12.5 Å². The molecule has 33 heavy (non-hydrogen) atoms. The molecule has 2 unspecified atom stereocenters. The van der Waals surface area contributed by atoms with Crippen LogP contribution in [0.1, 0.15) is 63.4 Å². The van der Waals surface area contributed by atoms with E-state index in [9.17, 15) is 9.90 Å². The lowest BCUT2D eigenvalue weighted by Gasteiger charge is -2.21. The summed E-state index contributed by atoms with van der Waals surface area (Å²) in [7, 11) is 0. The third-order valence-corrected chi connectivity index (χ3v) is 6.91. The zero-order chi connectivity index (χ0) is 22.9. The summed E-state index contributed by atoms with van der Waals surface area (Å²) in [5, 5.41) is 17.7. The van der Waals surface area contributed by atoms with Crippen LogP contribution in [0.4, 0.5) is 4.39 Å². The van der Waals surface area contributed by atoms with Crippen molar-refractivity contribution >= 4 is 17.0 Å². The fourth-order valence-electron chi connectivity index (χ4n) is 4.43. The highest BCUT2D eigenvalue weighted by molar-refractivity contribution is 5.83. The predicted octanol–water partition coefficient (Wildman–Crippen LogP) is 6.20. The number of aliphatic carboxylic acids is 1. The Morgan fingerprint density at radius 3 is 2.64 bits per heavy atom. The summed E-state index contributed by atoms with van der Waals surface area (Å²) in [6.07, 6.45) is 7.32. The fraction of sp³-hybridized carbons (Fsp3) is 0.500. The molecule has 3 aromatic rings. The maximum absolute atomic E-state index is 15.4. The van der Waals surface area contributed by atoms with Gasteiger partial charge in [0.15, 0.2) is 0 Å². The fourth-order valence-corrected chi connectivity index (χ4v) is 4.43.